The van der Waals surface area contributed by atoms with Gasteiger partial charge in [-0.3, -0.25) is 0 Å². The number of hydrogen-bond donors (Lipinski definition) is 3. The van der Waals surface area contributed by atoms with Crippen molar-refractivity contribution in [2.75, 3.05) is 24.6 Å². The fourth-order valence-corrected chi connectivity index (χ4v) is 2.62. The molecule has 0 aromatic carbocycles. The first-order chi connectivity index (χ1) is 9.71. The summed E-state index contributed by atoms with van der Waals surface area (Å²) < 4.78 is 0. The number of rotatable bonds is 6. The second-order valence-corrected chi connectivity index (χ2v) is 4.96. The van der Waals surface area contributed by atoms with Crippen LogP contribution in [0.15, 0.2) is 11.2 Å². The molecule has 1 heterocycles. The zero-order chi connectivity index (χ0) is 14.5. The highest BCUT2D eigenvalue weighted by atomic mass is 16.4. The number of pyridine rings is 1. The van der Waals surface area contributed by atoms with Crippen molar-refractivity contribution in [1.82, 2.24) is 4.98 Å². The maximum absolute atomic E-state index is 9.00. The number of fused-ring (bicyclic) bond motifs is 1. The van der Waals surface area contributed by atoms with Gasteiger partial charge in [-0.15, -0.1) is 0 Å². The number of aliphatic hydroxyl groups excluding tert-OH is 1. The standard InChI is InChI=1S/C14H22N4O2/c1-2-18(7-4-8-19)14-11(13(15)17-20)9-10-5-3-6-12(10)16-14/h9,19-20H,2-8H2,1H3,(H2,15,17). The summed E-state index contributed by atoms with van der Waals surface area (Å²) in [6.07, 6.45) is 3.75. The van der Waals surface area contributed by atoms with Crippen molar-refractivity contribution < 1.29 is 10.3 Å². The van der Waals surface area contributed by atoms with Crippen LogP contribution in [0.3, 0.4) is 0 Å². The summed E-state index contributed by atoms with van der Waals surface area (Å²) in [6, 6.07) is 1.99. The van der Waals surface area contributed by atoms with Gasteiger partial charge in [0.2, 0.25) is 0 Å². The van der Waals surface area contributed by atoms with Crippen LogP contribution in [0.4, 0.5) is 5.82 Å². The zero-order valence-corrected chi connectivity index (χ0v) is 11.8. The Bertz CT molecular complexity index is 502. The van der Waals surface area contributed by atoms with Crippen LogP contribution < -0.4 is 10.6 Å². The topological polar surface area (TPSA) is 95.0 Å². The van der Waals surface area contributed by atoms with Crippen LogP contribution in [-0.4, -0.2) is 40.8 Å². The third-order valence-electron chi connectivity index (χ3n) is 3.68. The number of aryl methyl sites for hydroxylation is 2. The summed E-state index contributed by atoms with van der Waals surface area (Å²) in [4.78, 5) is 6.78. The second-order valence-electron chi connectivity index (χ2n) is 4.96. The third-order valence-corrected chi connectivity index (χ3v) is 3.68. The Hall–Kier alpha value is -1.82. The molecule has 0 saturated heterocycles. The molecule has 0 unspecified atom stereocenters. The van der Waals surface area contributed by atoms with Gasteiger partial charge in [-0.1, -0.05) is 5.16 Å². The number of nitrogens with two attached hydrogens (primary N) is 1. The van der Waals surface area contributed by atoms with Crippen LogP contribution in [0.2, 0.25) is 0 Å². The van der Waals surface area contributed by atoms with Gasteiger partial charge >= 0.3 is 0 Å². The lowest BCUT2D eigenvalue weighted by Crippen LogP contribution is -2.29. The van der Waals surface area contributed by atoms with Gasteiger partial charge in [0.25, 0.3) is 0 Å². The summed E-state index contributed by atoms with van der Waals surface area (Å²) in [7, 11) is 0. The van der Waals surface area contributed by atoms with E-state index in [0.717, 1.165) is 37.3 Å². The molecule has 0 radical (unpaired) electrons. The molecule has 0 bridgehead atoms. The van der Waals surface area contributed by atoms with E-state index in [1.165, 1.54) is 5.56 Å². The SMILES string of the molecule is CCN(CCCO)c1nc2c(cc1C(N)=NO)CCC2. The Labute approximate surface area is 118 Å². The van der Waals surface area contributed by atoms with Gasteiger partial charge in [0.1, 0.15) is 5.82 Å². The lowest BCUT2D eigenvalue weighted by atomic mass is 10.1. The molecule has 0 amide bonds. The van der Waals surface area contributed by atoms with E-state index in [1.807, 2.05) is 13.0 Å². The highest BCUT2D eigenvalue weighted by Crippen LogP contribution is 2.27. The van der Waals surface area contributed by atoms with E-state index in [1.54, 1.807) is 0 Å². The van der Waals surface area contributed by atoms with E-state index in [0.29, 0.717) is 18.5 Å². The first-order valence-electron chi connectivity index (χ1n) is 7.07. The molecule has 0 aliphatic heterocycles. The molecule has 1 aromatic heterocycles. The number of aliphatic hydroxyl groups is 1. The molecule has 6 nitrogen and oxygen atoms in total. The van der Waals surface area contributed by atoms with Crippen LogP contribution in [0.5, 0.6) is 0 Å². The summed E-state index contributed by atoms with van der Waals surface area (Å²) in [5, 5.41) is 21.1. The normalized spacial score (nSPS) is 14.4. The minimum absolute atomic E-state index is 0.0876. The van der Waals surface area contributed by atoms with Crippen molar-refractivity contribution in [2.24, 2.45) is 10.9 Å². The Balaban J connectivity index is 2.43. The van der Waals surface area contributed by atoms with Crippen LogP contribution in [0.25, 0.3) is 0 Å². The monoisotopic (exact) mass is 278 g/mol. The molecular weight excluding hydrogens is 256 g/mol. The quantitative estimate of drug-likeness (QED) is 0.311. The van der Waals surface area contributed by atoms with Gasteiger partial charge in [-0.2, -0.15) is 0 Å². The number of amidine groups is 1. The highest BCUT2D eigenvalue weighted by Gasteiger charge is 2.21. The van der Waals surface area contributed by atoms with Crippen molar-refractivity contribution in [2.45, 2.75) is 32.6 Å². The van der Waals surface area contributed by atoms with Crippen LogP contribution in [-0.2, 0) is 12.8 Å². The van der Waals surface area contributed by atoms with Crippen LogP contribution in [0, 0.1) is 0 Å². The second kappa shape index (κ2) is 6.56. The average Bonchev–Trinajstić information content (AvgIpc) is 2.93. The highest BCUT2D eigenvalue weighted by molar-refractivity contribution is 6.01. The summed E-state index contributed by atoms with van der Waals surface area (Å²) >= 11 is 0. The lowest BCUT2D eigenvalue weighted by Gasteiger charge is -2.24. The number of oxime groups is 1. The fourth-order valence-electron chi connectivity index (χ4n) is 2.62. The number of hydrogen-bond acceptors (Lipinski definition) is 5. The summed E-state index contributed by atoms with van der Waals surface area (Å²) in [5.74, 6) is 0.835. The molecule has 110 valence electrons. The first-order valence-corrected chi connectivity index (χ1v) is 7.07. The van der Waals surface area contributed by atoms with Crippen LogP contribution in [0.1, 0.15) is 36.6 Å². The van der Waals surface area contributed by atoms with E-state index in [4.69, 9.17) is 21.0 Å². The molecule has 1 aliphatic rings. The maximum Gasteiger partial charge on any atom is 0.173 e. The predicted molar refractivity (Wildman–Crippen MR) is 78.4 cm³/mol. The molecule has 1 aromatic rings. The molecule has 1 aliphatic carbocycles. The van der Waals surface area contributed by atoms with E-state index in [9.17, 15) is 0 Å². The van der Waals surface area contributed by atoms with E-state index >= 15 is 0 Å². The Morgan fingerprint density at radius 2 is 2.30 bits per heavy atom. The summed E-state index contributed by atoms with van der Waals surface area (Å²) in [6.45, 7) is 3.63. The van der Waals surface area contributed by atoms with Gasteiger partial charge in [-0.05, 0) is 44.2 Å². The molecule has 0 spiro atoms. The Morgan fingerprint density at radius 1 is 1.50 bits per heavy atom. The maximum atomic E-state index is 9.00. The molecular formula is C14H22N4O2. The first kappa shape index (κ1) is 14.6. The third kappa shape index (κ3) is 2.85. The van der Waals surface area contributed by atoms with E-state index < -0.39 is 0 Å². The molecule has 0 saturated carbocycles. The van der Waals surface area contributed by atoms with Gasteiger partial charge in [0.05, 0.1) is 5.56 Å². The van der Waals surface area contributed by atoms with Crippen molar-refractivity contribution >= 4 is 11.7 Å². The molecule has 6 heteroatoms. The number of nitrogens with zero attached hydrogens (tertiary/aromatic N) is 3. The van der Waals surface area contributed by atoms with Gasteiger partial charge in [0.15, 0.2) is 5.84 Å². The molecule has 0 atom stereocenters. The average molecular weight is 278 g/mol. The van der Waals surface area contributed by atoms with Crippen molar-refractivity contribution in [3.05, 3.63) is 22.9 Å². The zero-order valence-electron chi connectivity index (χ0n) is 11.8. The molecule has 20 heavy (non-hydrogen) atoms. The minimum atomic E-state index is 0.0876. The lowest BCUT2D eigenvalue weighted by molar-refractivity contribution is 0.289. The van der Waals surface area contributed by atoms with E-state index in [-0.39, 0.29) is 12.4 Å². The number of aromatic nitrogens is 1. The summed E-state index contributed by atoms with van der Waals surface area (Å²) in [5.41, 5.74) is 8.77. The predicted octanol–water partition coefficient (Wildman–Crippen LogP) is 0.873. The Kier molecular flexibility index (Phi) is 4.79. The van der Waals surface area contributed by atoms with E-state index in [2.05, 4.69) is 10.1 Å². The van der Waals surface area contributed by atoms with Crippen molar-refractivity contribution in [1.29, 1.82) is 0 Å². The van der Waals surface area contributed by atoms with Crippen molar-refractivity contribution in [3.63, 3.8) is 0 Å². The number of anilines is 1. The smallest absolute Gasteiger partial charge is 0.173 e. The largest absolute Gasteiger partial charge is 0.409 e. The van der Waals surface area contributed by atoms with Crippen LogP contribution >= 0.6 is 0 Å². The minimum Gasteiger partial charge on any atom is -0.409 e. The Morgan fingerprint density at radius 3 is 2.95 bits per heavy atom. The van der Waals surface area contributed by atoms with Gasteiger partial charge in [0, 0.05) is 25.4 Å². The molecule has 2 rings (SSSR count). The molecule has 4 N–H and O–H groups in total. The van der Waals surface area contributed by atoms with Gasteiger partial charge < -0.3 is 20.9 Å². The van der Waals surface area contributed by atoms with Crippen molar-refractivity contribution in [3.8, 4) is 0 Å². The molecule has 0 fully saturated rings. The van der Waals surface area contributed by atoms with Gasteiger partial charge in [-0.25, -0.2) is 4.98 Å². The fraction of sp³-hybridized carbons (Fsp3) is 0.571.